The second-order valence-electron chi connectivity index (χ2n) is 4.46. The molecule has 6 nitrogen and oxygen atoms in total. The molecule has 0 aliphatic heterocycles. The molecule has 0 fully saturated rings. The lowest BCUT2D eigenvalue weighted by atomic mass is 10.1. The summed E-state index contributed by atoms with van der Waals surface area (Å²) in [4.78, 5) is 4.34. The van der Waals surface area contributed by atoms with Gasteiger partial charge in [-0.1, -0.05) is 0 Å². The van der Waals surface area contributed by atoms with Crippen LogP contribution in [0.25, 0.3) is 0 Å². The first kappa shape index (κ1) is 15.5. The molecule has 0 aromatic carbocycles. The van der Waals surface area contributed by atoms with Gasteiger partial charge in [0.2, 0.25) is 5.96 Å². The van der Waals surface area contributed by atoms with Crippen LogP contribution in [0.4, 0.5) is 0 Å². The van der Waals surface area contributed by atoms with Crippen LogP contribution in [0.1, 0.15) is 36.5 Å². The molecule has 6 heteroatoms. The number of nitrogens with zero attached hydrogens (tertiary/aromatic N) is 1. The average Bonchev–Trinajstić information content (AvgIpc) is 2.72. The van der Waals surface area contributed by atoms with Crippen LogP contribution >= 0.6 is 0 Å². The molecular weight excluding hydrogens is 244 g/mol. The molecule has 0 spiro atoms. The summed E-state index contributed by atoms with van der Waals surface area (Å²) in [5.74, 6) is 7.84. The molecule has 1 heterocycles. The molecule has 0 aliphatic carbocycles. The van der Waals surface area contributed by atoms with E-state index >= 15 is 0 Å². The monoisotopic (exact) mass is 268 g/mol. The molecule has 1 unspecified atom stereocenters. The van der Waals surface area contributed by atoms with Crippen LogP contribution < -0.4 is 16.6 Å². The van der Waals surface area contributed by atoms with Crippen molar-refractivity contribution in [2.45, 2.75) is 33.2 Å². The summed E-state index contributed by atoms with van der Waals surface area (Å²) >= 11 is 0. The molecule has 0 saturated heterocycles. The maximum absolute atomic E-state index is 5.52. The fourth-order valence-corrected chi connectivity index (χ4v) is 1.90. The van der Waals surface area contributed by atoms with E-state index in [0.717, 1.165) is 23.5 Å². The summed E-state index contributed by atoms with van der Waals surface area (Å²) in [5.41, 5.74) is 3.68. The van der Waals surface area contributed by atoms with Crippen LogP contribution in [-0.4, -0.2) is 26.2 Å². The van der Waals surface area contributed by atoms with Crippen molar-refractivity contribution in [3.8, 4) is 0 Å². The number of rotatable bonds is 6. The van der Waals surface area contributed by atoms with Crippen LogP contribution in [0, 0.1) is 13.8 Å². The van der Waals surface area contributed by atoms with Crippen LogP contribution in [-0.2, 0) is 4.74 Å². The van der Waals surface area contributed by atoms with E-state index in [-0.39, 0.29) is 6.04 Å². The van der Waals surface area contributed by atoms with E-state index < -0.39 is 0 Å². The number of ether oxygens (including phenoxy) is 1. The second-order valence-corrected chi connectivity index (χ2v) is 4.46. The molecule has 1 aromatic heterocycles. The van der Waals surface area contributed by atoms with Gasteiger partial charge in [0, 0.05) is 25.8 Å². The molecular formula is C13H24N4O2. The van der Waals surface area contributed by atoms with E-state index in [1.54, 1.807) is 7.11 Å². The molecule has 4 N–H and O–H groups in total. The second kappa shape index (κ2) is 7.81. The van der Waals surface area contributed by atoms with Crippen molar-refractivity contribution in [2.75, 3.05) is 20.3 Å². The van der Waals surface area contributed by atoms with Crippen molar-refractivity contribution in [2.24, 2.45) is 10.8 Å². The van der Waals surface area contributed by atoms with Crippen molar-refractivity contribution < 1.29 is 9.15 Å². The van der Waals surface area contributed by atoms with E-state index in [1.807, 2.05) is 26.8 Å². The van der Waals surface area contributed by atoms with Crippen molar-refractivity contribution in [3.05, 3.63) is 23.2 Å². The Balaban J connectivity index is 2.57. The SMILES string of the molecule is COCCCN=C(NN)NC(C)c1cc(C)oc1C. The number of nitrogens with one attached hydrogen (secondary N) is 2. The molecule has 1 atom stereocenters. The van der Waals surface area contributed by atoms with Gasteiger partial charge < -0.3 is 14.5 Å². The van der Waals surface area contributed by atoms with Gasteiger partial charge in [0.05, 0.1) is 6.04 Å². The largest absolute Gasteiger partial charge is 0.466 e. The van der Waals surface area contributed by atoms with E-state index in [0.29, 0.717) is 19.1 Å². The minimum absolute atomic E-state index is 0.0784. The number of hydrogen-bond donors (Lipinski definition) is 3. The van der Waals surface area contributed by atoms with Gasteiger partial charge in [-0.05, 0) is 33.3 Å². The average molecular weight is 268 g/mol. The number of guanidine groups is 1. The number of aliphatic imine (C=N–C) groups is 1. The molecule has 108 valence electrons. The van der Waals surface area contributed by atoms with Crippen LogP contribution in [0.15, 0.2) is 15.5 Å². The summed E-state index contributed by atoms with van der Waals surface area (Å²) in [7, 11) is 1.68. The molecule has 0 aliphatic rings. The highest BCUT2D eigenvalue weighted by Gasteiger charge is 2.13. The lowest BCUT2D eigenvalue weighted by Crippen LogP contribution is -2.42. The van der Waals surface area contributed by atoms with Gasteiger partial charge in [-0.15, -0.1) is 0 Å². The van der Waals surface area contributed by atoms with Gasteiger partial charge >= 0.3 is 0 Å². The Morgan fingerprint density at radius 1 is 1.53 bits per heavy atom. The first-order valence-corrected chi connectivity index (χ1v) is 6.42. The highest BCUT2D eigenvalue weighted by atomic mass is 16.5. The maximum atomic E-state index is 5.52. The first-order valence-electron chi connectivity index (χ1n) is 6.42. The lowest BCUT2D eigenvalue weighted by molar-refractivity contribution is 0.197. The summed E-state index contributed by atoms with van der Waals surface area (Å²) in [6.45, 7) is 7.28. The number of hydrogen-bond acceptors (Lipinski definition) is 4. The Labute approximate surface area is 114 Å². The van der Waals surface area contributed by atoms with Gasteiger partial charge in [0.15, 0.2) is 0 Å². The van der Waals surface area contributed by atoms with Crippen molar-refractivity contribution in [1.82, 2.24) is 10.7 Å². The van der Waals surface area contributed by atoms with Crippen LogP contribution in [0.2, 0.25) is 0 Å². The Hall–Kier alpha value is -1.53. The number of furan rings is 1. The number of aryl methyl sites for hydroxylation is 2. The predicted molar refractivity (Wildman–Crippen MR) is 75.9 cm³/mol. The van der Waals surface area contributed by atoms with E-state index in [2.05, 4.69) is 15.7 Å². The molecule has 1 rings (SSSR count). The zero-order valence-corrected chi connectivity index (χ0v) is 12.1. The summed E-state index contributed by atoms with van der Waals surface area (Å²) < 4.78 is 10.5. The minimum atomic E-state index is 0.0784. The van der Waals surface area contributed by atoms with Crippen molar-refractivity contribution in [1.29, 1.82) is 0 Å². The topological polar surface area (TPSA) is 84.8 Å². The van der Waals surface area contributed by atoms with Gasteiger partial charge in [-0.25, -0.2) is 5.84 Å². The van der Waals surface area contributed by atoms with Crippen molar-refractivity contribution >= 4 is 5.96 Å². The third-order valence-corrected chi connectivity index (χ3v) is 2.81. The Morgan fingerprint density at radius 2 is 2.26 bits per heavy atom. The van der Waals surface area contributed by atoms with Gasteiger partial charge in [0.25, 0.3) is 0 Å². The quantitative estimate of drug-likeness (QED) is 0.239. The molecule has 0 radical (unpaired) electrons. The number of nitrogens with two attached hydrogens (primary N) is 1. The zero-order valence-electron chi connectivity index (χ0n) is 12.1. The van der Waals surface area contributed by atoms with Gasteiger partial charge in [-0.3, -0.25) is 10.4 Å². The zero-order chi connectivity index (χ0) is 14.3. The lowest BCUT2D eigenvalue weighted by Gasteiger charge is -2.16. The molecule has 0 saturated carbocycles. The van der Waals surface area contributed by atoms with E-state index in [1.165, 1.54) is 0 Å². The maximum Gasteiger partial charge on any atom is 0.206 e. The van der Waals surface area contributed by atoms with Gasteiger partial charge in [-0.2, -0.15) is 0 Å². The summed E-state index contributed by atoms with van der Waals surface area (Å²) in [5, 5.41) is 3.23. The van der Waals surface area contributed by atoms with E-state index in [9.17, 15) is 0 Å². The van der Waals surface area contributed by atoms with Gasteiger partial charge in [0.1, 0.15) is 11.5 Å². The molecule has 19 heavy (non-hydrogen) atoms. The van der Waals surface area contributed by atoms with Crippen LogP contribution in [0.5, 0.6) is 0 Å². The minimum Gasteiger partial charge on any atom is -0.466 e. The standard InChI is InChI=1S/C13H24N4O2/c1-9-8-12(11(3)19-9)10(2)16-13(17-14)15-6-5-7-18-4/h8,10H,5-7,14H2,1-4H3,(H2,15,16,17). The molecule has 0 amide bonds. The Morgan fingerprint density at radius 3 is 2.79 bits per heavy atom. The fraction of sp³-hybridized carbons (Fsp3) is 0.615. The third kappa shape index (κ3) is 4.92. The van der Waals surface area contributed by atoms with Crippen molar-refractivity contribution in [3.63, 3.8) is 0 Å². The third-order valence-electron chi connectivity index (χ3n) is 2.81. The smallest absolute Gasteiger partial charge is 0.206 e. The number of hydrazine groups is 1. The Kier molecular flexibility index (Phi) is 6.38. The number of methoxy groups -OCH3 is 1. The summed E-state index contributed by atoms with van der Waals surface area (Å²) in [6.07, 6.45) is 0.863. The highest BCUT2D eigenvalue weighted by molar-refractivity contribution is 5.79. The summed E-state index contributed by atoms with van der Waals surface area (Å²) in [6, 6.07) is 2.10. The normalized spacial score (nSPS) is 13.4. The Bertz CT molecular complexity index is 415. The predicted octanol–water partition coefficient (Wildman–Crippen LogP) is 1.40. The highest BCUT2D eigenvalue weighted by Crippen LogP contribution is 2.20. The molecule has 1 aromatic rings. The first-order chi connectivity index (χ1) is 9.08. The fourth-order valence-electron chi connectivity index (χ4n) is 1.90. The van der Waals surface area contributed by atoms with Crippen LogP contribution in [0.3, 0.4) is 0 Å². The molecule has 0 bridgehead atoms. The van der Waals surface area contributed by atoms with E-state index in [4.69, 9.17) is 15.0 Å².